The van der Waals surface area contributed by atoms with Gasteiger partial charge in [-0.05, 0) is 11.6 Å². The normalized spacial score (nSPS) is 11.2. The van der Waals surface area contributed by atoms with Crippen LogP contribution in [-0.4, -0.2) is 17.4 Å². The molecule has 5 heteroatoms. The summed E-state index contributed by atoms with van der Waals surface area (Å²) >= 11 is 5.82. The van der Waals surface area contributed by atoms with Crippen LogP contribution < -0.4 is 5.32 Å². The lowest BCUT2D eigenvalue weighted by atomic mass is 9.84. The van der Waals surface area contributed by atoms with E-state index in [4.69, 9.17) is 11.6 Å². The first-order valence-electron chi connectivity index (χ1n) is 6.55. The smallest absolute Gasteiger partial charge is 0.254 e. The van der Waals surface area contributed by atoms with Crippen LogP contribution in [0, 0.1) is 5.82 Å². The first-order chi connectivity index (χ1) is 9.90. The van der Waals surface area contributed by atoms with Crippen molar-refractivity contribution in [3.05, 3.63) is 64.7 Å². The van der Waals surface area contributed by atoms with Gasteiger partial charge in [0, 0.05) is 12.0 Å². The number of hydrogen-bond acceptors (Lipinski definition) is 2. The maximum atomic E-state index is 13.1. The Kier molecular flexibility index (Phi) is 4.58. The molecule has 0 unspecified atom stereocenters. The average Bonchev–Trinajstić information content (AvgIpc) is 2.48. The number of carbonyl (C=O) groups is 1. The predicted molar refractivity (Wildman–Crippen MR) is 81.0 cm³/mol. The summed E-state index contributed by atoms with van der Waals surface area (Å²) in [5.74, 6) is -1.03. The predicted octanol–water partition coefficient (Wildman–Crippen LogP) is 3.58. The molecule has 2 rings (SSSR count). The minimum Gasteiger partial charge on any atom is -0.351 e. The van der Waals surface area contributed by atoms with Gasteiger partial charge >= 0.3 is 0 Å². The topological polar surface area (TPSA) is 42.0 Å². The van der Waals surface area contributed by atoms with Gasteiger partial charge in [0.2, 0.25) is 0 Å². The van der Waals surface area contributed by atoms with E-state index in [1.165, 1.54) is 0 Å². The average molecular weight is 307 g/mol. The van der Waals surface area contributed by atoms with Gasteiger partial charge in [-0.25, -0.2) is 9.37 Å². The van der Waals surface area contributed by atoms with E-state index in [2.05, 4.69) is 10.3 Å². The van der Waals surface area contributed by atoms with Crippen LogP contribution in [0.2, 0.25) is 5.15 Å². The molecule has 0 fully saturated rings. The monoisotopic (exact) mass is 306 g/mol. The van der Waals surface area contributed by atoms with Crippen molar-refractivity contribution < 1.29 is 9.18 Å². The van der Waals surface area contributed by atoms with E-state index >= 15 is 0 Å². The SMILES string of the molecule is CC(C)(CNC(=O)c1cc(F)cnc1Cl)c1ccccc1. The zero-order valence-corrected chi connectivity index (χ0v) is 12.6. The molecule has 0 saturated carbocycles. The van der Waals surface area contributed by atoms with E-state index in [0.717, 1.165) is 17.8 Å². The molecule has 0 radical (unpaired) electrons. The number of nitrogens with zero attached hydrogens (tertiary/aromatic N) is 1. The lowest BCUT2D eigenvalue weighted by molar-refractivity contribution is 0.0945. The van der Waals surface area contributed by atoms with Crippen LogP contribution in [0.15, 0.2) is 42.6 Å². The highest BCUT2D eigenvalue weighted by molar-refractivity contribution is 6.32. The fourth-order valence-corrected chi connectivity index (χ4v) is 2.16. The minimum atomic E-state index is -0.591. The molecular formula is C16H16ClFN2O. The highest BCUT2D eigenvalue weighted by atomic mass is 35.5. The molecule has 1 aromatic carbocycles. The van der Waals surface area contributed by atoms with Crippen molar-refractivity contribution in [2.45, 2.75) is 19.3 Å². The fraction of sp³-hybridized carbons (Fsp3) is 0.250. The standard InChI is InChI=1S/C16H16ClFN2O/c1-16(2,11-6-4-3-5-7-11)10-20-15(21)13-8-12(18)9-19-14(13)17/h3-9H,10H2,1-2H3,(H,20,21). The van der Waals surface area contributed by atoms with Crippen molar-refractivity contribution in [2.24, 2.45) is 0 Å². The number of carbonyl (C=O) groups excluding carboxylic acids is 1. The Morgan fingerprint density at radius 1 is 1.33 bits per heavy atom. The van der Waals surface area contributed by atoms with Gasteiger partial charge in [-0.15, -0.1) is 0 Å². The third-order valence-corrected chi connectivity index (χ3v) is 3.60. The molecule has 0 aliphatic rings. The van der Waals surface area contributed by atoms with Crippen LogP contribution in [-0.2, 0) is 5.41 Å². The Hall–Kier alpha value is -1.94. The maximum Gasteiger partial charge on any atom is 0.254 e. The lowest BCUT2D eigenvalue weighted by Crippen LogP contribution is -2.36. The van der Waals surface area contributed by atoms with E-state index in [-0.39, 0.29) is 16.1 Å². The number of hydrogen-bond donors (Lipinski definition) is 1. The molecule has 2 aromatic rings. The number of benzene rings is 1. The first kappa shape index (κ1) is 15.4. The number of halogens is 2. The second-order valence-electron chi connectivity index (χ2n) is 5.42. The molecule has 3 nitrogen and oxygen atoms in total. The molecule has 0 aliphatic heterocycles. The molecule has 0 bridgehead atoms. The second kappa shape index (κ2) is 6.22. The van der Waals surface area contributed by atoms with Crippen LogP contribution in [0.4, 0.5) is 4.39 Å². The van der Waals surface area contributed by atoms with Gasteiger partial charge in [0.15, 0.2) is 0 Å². The van der Waals surface area contributed by atoms with Gasteiger partial charge in [0.1, 0.15) is 11.0 Å². The molecule has 0 saturated heterocycles. The Labute approximate surface area is 128 Å². The van der Waals surface area contributed by atoms with Crippen LogP contribution in [0.1, 0.15) is 29.8 Å². The second-order valence-corrected chi connectivity index (χ2v) is 5.78. The summed E-state index contributed by atoms with van der Waals surface area (Å²) in [6.07, 6.45) is 0.979. The Bertz CT molecular complexity index is 644. The van der Waals surface area contributed by atoms with Gasteiger partial charge in [-0.1, -0.05) is 55.8 Å². The van der Waals surface area contributed by atoms with Gasteiger partial charge < -0.3 is 5.32 Å². The van der Waals surface area contributed by atoms with E-state index < -0.39 is 11.7 Å². The highest BCUT2D eigenvalue weighted by Gasteiger charge is 2.22. The van der Waals surface area contributed by atoms with Crippen LogP contribution in [0.3, 0.4) is 0 Å². The first-order valence-corrected chi connectivity index (χ1v) is 6.93. The maximum absolute atomic E-state index is 13.1. The number of amides is 1. The summed E-state index contributed by atoms with van der Waals surface area (Å²) in [5.41, 5.74) is 0.902. The van der Waals surface area contributed by atoms with E-state index in [9.17, 15) is 9.18 Å². The zero-order valence-electron chi connectivity index (χ0n) is 11.9. The summed E-state index contributed by atoms with van der Waals surface area (Å²) in [6.45, 7) is 4.45. The largest absolute Gasteiger partial charge is 0.351 e. The summed E-state index contributed by atoms with van der Waals surface area (Å²) in [4.78, 5) is 15.7. The van der Waals surface area contributed by atoms with Gasteiger partial charge in [-0.2, -0.15) is 0 Å². The number of rotatable bonds is 4. The summed E-state index contributed by atoms with van der Waals surface area (Å²) in [6, 6.07) is 10.9. The summed E-state index contributed by atoms with van der Waals surface area (Å²) in [5, 5.41) is 2.77. The number of nitrogens with one attached hydrogen (secondary N) is 1. The van der Waals surface area contributed by atoms with Crippen molar-refractivity contribution >= 4 is 17.5 Å². The van der Waals surface area contributed by atoms with E-state index in [0.29, 0.717) is 6.54 Å². The molecule has 1 N–H and O–H groups in total. The molecule has 1 amide bonds. The molecule has 1 heterocycles. The van der Waals surface area contributed by atoms with Crippen molar-refractivity contribution in [1.82, 2.24) is 10.3 Å². The van der Waals surface area contributed by atoms with Gasteiger partial charge in [0.25, 0.3) is 5.91 Å². The van der Waals surface area contributed by atoms with Gasteiger partial charge in [-0.3, -0.25) is 4.79 Å². The van der Waals surface area contributed by atoms with Crippen LogP contribution in [0.5, 0.6) is 0 Å². The lowest BCUT2D eigenvalue weighted by Gasteiger charge is -2.25. The van der Waals surface area contributed by atoms with Crippen molar-refractivity contribution in [3.63, 3.8) is 0 Å². The summed E-state index contributed by atoms with van der Waals surface area (Å²) in [7, 11) is 0. The van der Waals surface area contributed by atoms with Crippen LogP contribution >= 0.6 is 11.6 Å². The fourth-order valence-electron chi connectivity index (χ4n) is 1.97. The minimum absolute atomic E-state index is 0.00795. The third-order valence-electron chi connectivity index (χ3n) is 3.30. The quantitative estimate of drug-likeness (QED) is 0.877. The van der Waals surface area contributed by atoms with Crippen LogP contribution in [0.25, 0.3) is 0 Å². The molecule has 110 valence electrons. The Morgan fingerprint density at radius 2 is 2.00 bits per heavy atom. The molecule has 0 spiro atoms. The third kappa shape index (κ3) is 3.79. The van der Waals surface area contributed by atoms with Crippen molar-refractivity contribution in [3.8, 4) is 0 Å². The summed E-state index contributed by atoms with van der Waals surface area (Å²) < 4.78 is 13.1. The Morgan fingerprint density at radius 3 is 2.67 bits per heavy atom. The van der Waals surface area contributed by atoms with E-state index in [1.54, 1.807) is 0 Å². The molecule has 0 aliphatic carbocycles. The number of aromatic nitrogens is 1. The molecule has 1 aromatic heterocycles. The van der Waals surface area contributed by atoms with Gasteiger partial charge in [0.05, 0.1) is 11.8 Å². The molecular weight excluding hydrogens is 291 g/mol. The Balaban J connectivity index is 2.09. The highest BCUT2D eigenvalue weighted by Crippen LogP contribution is 2.22. The number of pyridine rings is 1. The van der Waals surface area contributed by atoms with E-state index in [1.807, 2.05) is 44.2 Å². The zero-order chi connectivity index (χ0) is 15.5. The molecule has 0 atom stereocenters. The van der Waals surface area contributed by atoms with Crippen molar-refractivity contribution in [2.75, 3.05) is 6.54 Å². The van der Waals surface area contributed by atoms with Crippen molar-refractivity contribution in [1.29, 1.82) is 0 Å². The molecule has 21 heavy (non-hydrogen) atoms.